The molecule has 44 valence electrons. The number of alkyl halides is 1. The zero-order valence-electron chi connectivity index (χ0n) is 4.43. The van der Waals surface area contributed by atoms with Gasteiger partial charge in [0.05, 0.1) is 18.0 Å². The van der Waals surface area contributed by atoms with Crippen molar-refractivity contribution in [1.29, 1.82) is 0 Å². The van der Waals surface area contributed by atoms with E-state index in [0.29, 0.717) is 5.33 Å². The monoisotopic (exact) mass is 210 g/mol. The summed E-state index contributed by atoms with van der Waals surface area (Å²) in [6.45, 7) is 0.204. The Labute approximate surface area is 81.1 Å². The molecule has 0 fully saturated rings. The number of rotatable bonds is 3. The molecule has 0 N–H and O–H groups in total. The van der Waals surface area contributed by atoms with E-state index in [0.717, 1.165) is 0 Å². The van der Waals surface area contributed by atoms with E-state index in [4.69, 9.17) is 0 Å². The summed E-state index contributed by atoms with van der Waals surface area (Å²) in [5.41, 5.74) is 0. The van der Waals surface area contributed by atoms with Gasteiger partial charge in [-0.25, -0.2) is 4.21 Å². The van der Waals surface area contributed by atoms with Gasteiger partial charge < -0.3 is 4.55 Å². The smallest absolute Gasteiger partial charge is 0.750 e. The molecule has 0 aromatic heterocycles. The maximum atomic E-state index is 9.52. The van der Waals surface area contributed by atoms with Gasteiger partial charge in [-0.05, 0) is 0 Å². The first-order valence-corrected chi connectivity index (χ1v) is 3.68. The van der Waals surface area contributed by atoms with Crippen molar-refractivity contribution < 1.29 is 42.5 Å². The molecule has 0 radical (unpaired) electrons. The first kappa shape index (κ1) is 12.2. The van der Waals surface area contributed by atoms with Gasteiger partial charge in [0, 0.05) is 5.33 Å². The zero-order valence-corrected chi connectivity index (χ0v) is 8.83. The molecule has 0 aromatic rings. The van der Waals surface area contributed by atoms with Crippen molar-refractivity contribution in [2.24, 2.45) is 0 Å². The van der Waals surface area contributed by atoms with Crippen LogP contribution in [0.5, 0.6) is 0 Å². The quantitative estimate of drug-likeness (QED) is 0.288. The molecule has 0 saturated heterocycles. The number of hydrogen-bond donors (Lipinski definition) is 0. The molecule has 0 heterocycles. The minimum Gasteiger partial charge on any atom is -0.750 e. The second-order valence-electron chi connectivity index (χ2n) is 0.715. The van der Waals surface area contributed by atoms with E-state index in [2.05, 4.69) is 20.1 Å². The third-order valence-corrected chi connectivity index (χ3v) is 0.940. The molecule has 0 amide bonds. The summed E-state index contributed by atoms with van der Waals surface area (Å²) in [4.78, 5) is 0. The molecule has 0 spiro atoms. The van der Waals surface area contributed by atoms with Crippen molar-refractivity contribution in [3.8, 4) is 0 Å². The molecular formula is C2H4BrNaO3S. The van der Waals surface area contributed by atoms with Gasteiger partial charge >= 0.3 is 29.6 Å². The van der Waals surface area contributed by atoms with Crippen LogP contribution >= 0.6 is 15.9 Å². The fourth-order valence-corrected chi connectivity index (χ4v) is 0.695. The molecule has 0 aromatic carbocycles. The van der Waals surface area contributed by atoms with E-state index in [1.165, 1.54) is 0 Å². The summed E-state index contributed by atoms with van der Waals surface area (Å²) in [6.07, 6.45) is 0. The van der Waals surface area contributed by atoms with Gasteiger partial charge in [0.2, 0.25) is 0 Å². The Hall–Kier alpha value is 1.55. The van der Waals surface area contributed by atoms with Crippen molar-refractivity contribution in [3.05, 3.63) is 0 Å². The minimum atomic E-state index is -2.35. The maximum Gasteiger partial charge on any atom is 1.00 e. The molecule has 0 rings (SSSR count). The summed E-state index contributed by atoms with van der Waals surface area (Å²) < 4.78 is 23.1. The maximum absolute atomic E-state index is 9.52. The van der Waals surface area contributed by atoms with E-state index in [1.807, 2.05) is 0 Å². The Morgan fingerprint density at radius 3 is 2.38 bits per heavy atom. The third kappa shape index (κ3) is 10.5. The van der Waals surface area contributed by atoms with Crippen molar-refractivity contribution in [2.45, 2.75) is 0 Å². The number of halogens is 1. The van der Waals surface area contributed by atoms with Crippen LogP contribution in [0, 0.1) is 0 Å². The Morgan fingerprint density at radius 2 is 2.25 bits per heavy atom. The third-order valence-electron chi connectivity index (χ3n) is 0.257. The molecule has 6 heteroatoms. The fourth-order valence-electron chi connectivity index (χ4n) is 0.0995. The van der Waals surface area contributed by atoms with Crippen LogP contribution in [0.2, 0.25) is 0 Å². The largest absolute Gasteiger partial charge is 1.00 e. The summed E-state index contributed by atoms with van der Waals surface area (Å²) in [7, 11) is 0. The van der Waals surface area contributed by atoms with Crippen LogP contribution < -0.4 is 29.6 Å². The summed E-state index contributed by atoms with van der Waals surface area (Å²) in [5.74, 6) is 0. The normalized spacial score (nSPS) is 12.2. The molecule has 0 saturated carbocycles. The van der Waals surface area contributed by atoms with E-state index >= 15 is 0 Å². The zero-order chi connectivity index (χ0) is 5.70. The molecule has 0 aliphatic heterocycles. The molecular weight excluding hydrogens is 207 g/mol. The second kappa shape index (κ2) is 8.55. The summed E-state index contributed by atoms with van der Waals surface area (Å²) in [6, 6.07) is 0. The van der Waals surface area contributed by atoms with Crippen molar-refractivity contribution in [1.82, 2.24) is 0 Å². The van der Waals surface area contributed by atoms with Crippen LogP contribution in [-0.4, -0.2) is 20.7 Å². The Morgan fingerprint density at radius 1 is 1.75 bits per heavy atom. The van der Waals surface area contributed by atoms with Crippen LogP contribution in [0.3, 0.4) is 0 Å². The summed E-state index contributed by atoms with van der Waals surface area (Å²) in [5, 5.41) is 0.543. The van der Waals surface area contributed by atoms with Gasteiger partial charge in [0.15, 0.2) is 0 Å². The first-order chi connectivity index (χ1) is 3.27. The van der Waals surface area contributed by atoms with Crippen LogP contribution in [0.1, 0.15) is 0 Å². The average molecular weight is 211 g/mol. The second-order valence-corrected chi connectivity index (χ2v) is 2.15. The average Bonchev–Trinajstić information content (AvgIpc) is 1.61. The van der Waals surface area contributed by atoms with Gasteiger partial charge in [0.1, 0.15) is 0 Å². The van der Waals surface area contributed by atoms with Gasteiger partial charge in [-0.1, -0.05) is 15.9 Å². The van der Waals surface area contributed by atoms with E-state index in [1.54, 1.807) is 0 Å². The Balaban J connectivity index is 0. The molecule has 3 nitrogen and oxygen atoms in total. The standard InChI is InChI=1S/C2H5BrO3S.Na/c3-1-2-6-7(4)5;/h1-2H2,(H,4,5);/q;+1/p-1. The molecule has 0 aliphatic rings. The summed E-state index contributed by atoms with van der Waals surface area (Å²) >= 11 is 0.634. The predicted octanol–water partition coefficient (Wildman–Crippen LogP) is -2.80. The van der Waals surface area contributed by atoms with Gasteiger partial charge in [-0.3, -0.25) is 4.18 Å². The molecule has 0 aliphatic carbocycles. The van der Waals surface area contributed by atoms with Gasteiger partial charge in [-0.15, -0.1) is 0 Å². The van der Waals surface area contributed by atoms with E-state index < -0.39 is 11.4 Å². The van der Waals surface area contributed by atoms with Crippen molar-refractivity contribution in [3.63, 3.8) is 0 Å². The minimum absolute atomic E-state index is 0. The topological polar surface area (TPSA) is 49.4 Å². The molecule has 0 bridgehead atoms. The van der Waals surface area contributed by atoms with Crippen molar-refractivity contribution in [2.75, 3.05) is 11.9 Å². The van der Waals surface area contributed by atoms with Gasteiger partial charge in [-0.2, -0.15) is 0 Å². The first-order valence-electron chi connectivity index (χ1n) is 1.56. The fraction of sp³-hybridized carbons (Fsp3) is 1.00. The van der Waals surface area contributed by atoms with E-state index in [9.17, 15) is 8.76 Å². The van der Waals surface area contributed by atoms with Crippen LogP contribution in [0.4, 0.5) is 0 Å². The van der Waals surface area contributed by atoms with Crippen molar-refractivity contribution >= 4 is 27.3 Å². The van der Waals surface area contributed by atoms with Crippen LogP contribution in [0.25, 0.3) is 0 Å². The van der Waals surface area contributed by atoms with Crippen LogP contribution in [0.15, 0.2) is 0 Å². The van der Waals surface area contributed by atoms with Crippen LogP contribution in [-0.2, 0) is 15.5 Å². The van der Waals surface area contributed by atoms with E-state index in [-0.39, 0.29) is 36.2 Å². The molecule has 1 unspecified atom stereocenters. The Kier molecular flexibility index (Phi) is 13.1. The number of hydrogen-bond acceptors (Lipinski definition) is 3. The molecule has 8 heavy (non-hydrogen) atoms. The predicted molar refractivity (Wildman–Crippen MR) is 28.7 cm³/mol. The van der Waals surface area contributed by atoms with Gasteiger partial charge in [0.25, 0.3) is 0 Å². The SMILES string of the molecule is O=S([O-])OCCBr.[Na+]. The Bertz CT molecular complexity index is 70.3. The molecule has 1 atom stereocenters.